The zero-order chi connectivity index (χ0) is 12.4. The van der Waals surface area contributed by atoms with Crippen molar-refractivity contribution in [3.8, 4) is 0 Å². The number of H-pyrrole nitrogens is 1. The molecule has 0 bridgehead atoms. The molecule has 2 N–H and O–H groups in total. The van der Waals surface area contributed by atoms with Gasteiger partial charge in [-0.15, -0.1) is 0 Å². The molecular formula is C11H16IN3O2. The number of halogens is 1. The number of aromatic nitrogens is 2. The van der Waals surface area contributed by atoms with E-state index in [0.29, 0.717) is 12.5 Å². The van der Waals surface area contributed by atoms with Crippen LogP contribution in [0.4, 0.5) is 0 Å². The Morgan fingerprint density at radius 3 is 3.12 bits per heavy atom. The zero-order valence-corrected chi connectivity index (χ0v) is 11.8. The first-order chi connectivity index (χ1) is 8.09. The lowest BCUT2D eigenvalue weighted by Crippen LogP contribution is -2.43. The highest BCUT2D eigenvalue weighted by Gasteiger charge is 2.28. The van der Waals surface area contributed by atoms with Gasteiger partial charge in [-0.3, -0.25) is 9.89 Å². The van der Waals surface area contributed by atoms with Crippen LogP contribution in [0.25, 0.3) is 0 Å². The van der Waals surface area contributed by atoms with Crippen molar-refractivity contribution in [2.45, 2.75) is 31.8 Å². The molecule has 0 aromatic carbocycles. The van der Waals surface area contributed by atoms with Gasteiger partial charge in [-0.05, 0) is 42.4 Å². The number of carbonyl (C=O) groups is 1. The number of aliphatic hydroxyl groups excluding tert-OH is 1. The van der Waals surface area contributed by atoms with Gasteiger partial charge in [0.05, 0.1) is 15.5 Å². The van der Waals surface area contributed by atoms with Crippen molar-refractivity contribution >= 4 is 28.5 Å². The first-order valence-electron chi connectivity index (χ1n) is 5.75. The molecule has 1 saturated heterocycles. The molecular weight excluding hydrogens is 333 g/mol. The first kappa shape index (κ1) is 12.8. The Bertz CT molecular complexity index is 405. The molecule has 1 aromatic heterocycles. The van der Waals surface area contributed by atoms with Gasteiger partial charge < -0.3 is 10.0 Å². The van der Waals surface area contributed by atoms with Gasteiger partial charge in [-0.25, -0.2) is 0 Å². The summed E-state index contributed by atoms with van der Waals surface area (Å²) in [5.41, 5.74) is 1.11. The number of likely N-dealkylation sites (tertiary alicyclic amines) is 1. The zero-order valence-electron chi connectivity index (χ0n) is 9.69. The van der Waals surface area contributed by atoms with E-state index in [4.69, 9.17) is 0 Å². The number of nitrogens with one attached hydrogen (secondary N) is 1. The van der Waals surface area contributed by atoms with Gasteiger partial charge in [0, 0.05) is 19.0 Å². The van der Waals surface area contributed by atoms with Crippen molar-refractivity contribution < 1.29 is 9.90 Å². The SMILES string of the molecule is C[C@@H](O)C(=O)N1CCCC(c2[nH]ncc2I)C1. The predicted octanol–water partition coefficient (Wildman–Crippen LogP) is 1.10. The number of hydrogen-bond donors (Lipinski definition) is 2. The van der Waals surface area contributed by atoms with Crippen LogP contribution in [-0.2, 0) is 4.79 Å². The van der Waals surface area contributed by atoms with E-state index in [0.717, 1.165) is 28.7 Å². The second-order valence-corrected chi connectivity index (χ2v) is 5.59. The second-order valence-electron chi connectivity index (χ2n) is 4.43. The van der Waals surface area contributed by atoms with Gasteiger partial charge in [-0.2, -0.15) is 5.10 Å². The minimum atomic E-state index is -0.908. The molecule has 1 amide bonds. The molecule has 6 heteroatoms. The van der Waals surface area contributed by atoms with Crippen LogP contribution in [-0.4, -0.2) is 45.3 Å². The molecule has 1 aliphatic heterocycles. The third kappa shape index (κ3) is 2.79. The molecule has 2 heterocycles. The summed E-state index contributed by atoms with van der Waals surface area (Å²) in [7, 11) is 0. The molecule has 1 fully saturated rings. The fourth-order valence-electron chi connectivity index (χ4n) is 2.24. The monoisotopic (exact) mass is 349 g/mol. The van der Waals surface area contributed by atoms with Crippen molar-refractivity contribution in [3.05, 3.63) is 15.5 Å². The molecule has 0 spiro atoms. The lowest BCUT2D eigenvalue weighted by Gasteiger charge is -2.33. The van der Waals surface area contributed by atoms with Gasteiger partial charge in [0.25, 0.3) is 5.91 Å². The number of amides is 1. The average Bonchev–Trinajstić information content (AvgIpc) is 2.74. The molecule has 2 rings (SSSR count). The standard InChI is InChI=1S/C11H16IN3O2/c1-7(16)11(17)15-4-2-3-8(6-15)10-9(12)5-13-14-10/h5,7-8,16H,2-4,6H2,1H3,(H,13,14)/t7-,8?/m1/s1. The smallest absolute Gasteiger partial charge is 0.251 e. The summed E-state index contributed by atoms with van der Waals surface area (Å²) in [6.45, 7) is 2.93. The van der Waals surface area contributed by atoms with Crippen molar-refractivity contribution in [1.82, 2.24) is 15.1 Å². The van der Waals surface area contributed by atoms with Crippen LogP contribution in [0.15, 0.2) is 6.20 Å². The average molecular weight is 349 g/mol. The van der Waals surface area contributed by atoms with E-state index in [2.05, 4.69) is 32.8 Å². The molecule has 1 unspecified atom stereocenters. The Morgan fingerprint density at radius 2 is 2.53 bits per heavy atom. The largest absolute Gasteiger partial charge is 0.384 e. The second kappa shape index (κ2) is 5.34. The third-order valence-corrected chi connectivity index (χ3v) is 3.98. The molecule has 2 atom stereocenters. The van der Waals surface area contributed by atoms with E-state index < -0.39 is 6.10 Å². The Hall–Kier alpha value is -0.630. The minimum absolute atomic E-state index is 0.177. The normalized spacial score (nSPS) is 22.5. The van der Waals surface area contributed by atoms with Crippen LogP contribution in [0.5, 0.6) is 0 Å². The highest BCUT2D eigenvalue weighted by atomic mass is 127. The van der Waals surface area contributed by atoms with Crippen molar-refractivity contribution in [3.63, 3.8) is 0 Å². The molecule has 0 radical (unpaired) electrons. The number of aromatic amines is 1. The summed E-state index contributed by atoms with van der Waals surface area (Å²) >= 11 is 2.25. The van der Waals surface area contributed by atoms with Crippen molar-refractivity contribution in [2.75, 3.05) is 13.1 Å². The predicted molar refractivity (Wildman–Crippen MR) is 71.5 cm³/mol. The number of hydrogen-bond acceptors (Lipinski definition) is 3. The van der Waals surface area contributed by atoms with E-state index in [9.17, 15) is 9.90 Å². The molecule has 1 aromatic rings. The van der Waals surface area contributed by atoms with E-state index in [1.54, 1.807) is 11.1 Å². The van der Waals surface area contributed by atoms with Crippen LogP contribution in [0, 0.1) is 3.57 Å². The van der Waals surface area contributed by atoms with Gasteiger partial charge >= 0.3 is 0 Å². The summed E-state index contributed by atoms with van der Waals surface area (Å²) in [5.74, 6) is 0.130. The van der Waals surface area contributed by atoms with Gasteiger partial charge in [0.2, 0.25) is 0 Å². The molecule has 94 valence electrons. The minimum Gasteiger partial charge on any atom is -0.384 e. The van der Waals surface area contributed by atoms with Crippen LogP contribution in [0.3, 0.4) is 0 Å². The number of carbonyl (C=O) groups excluding carboxylic acids is 1. The maximum Gasteiger partial charge on any atom is 0.251 e. The quantitative estimate of drug-likeness (QED) is 0.786. The lowest BCUT2D eigenvalue weighted by molar-refractivity contribution is -0.140. The van der Waals surface area contributed by atoms with Crippen LogP contribution >= 0.6 is 22.6 Å². The Balaban J connectivity index is 2.08. The number of piperidine rings is 1. The summed E-state index contributed by atoms with van der Waals surface area (Å²) < 4.78 is 1.11. The highest BCUT2D eigenvalue weighted by molar-refractivity contribution is 14.1. The maximum absolute atomic E-state index is 11.7. The highest BCUT2D eigenvalue weighted by Crippen LogP contribution is 2.28. The summed E-state index contributed by atoms with van der Waals surface area (Å²) in [5, 5.41) is 16.4. The molecule has 17 heavy (non-hydrogen) atoms. The first-order valence-corrected chi connectivity index (χ1v) is 6.83. The van der Waals surface area contributed by atoms with Crippen molar-refractivity contribution in [1.29, 1.82) is 0 Å². The molecule has 5 nitrogen and oxygen atoms in total. The summed E-state index contributed by atoms with van der Waals surface area (Å²) in [4.78, 5) is 13.5. The Morgan fingerprint density at radius 1 is 1.76 bits per heavy atom. The Kier molecular flexibility index (Phi) is 4.03. The van der Waals surface area contributed by atoms with E-state index in [1.165, 1.54) is 6.92 Å². The fourth-order valence-corrected chi connectivity index (χ4v) is 2.95. The van der Waals surface area contributed by atoms with Gasteiger partial charge in [0.15, 0.2) is 0 Å². The number of aliphatic hydroxyl groups is 1. The van der Waals surface area contributed by atoms with Crippen LogP contribution in [0.1, 0.15) is 31.4 Å². The molecule has 0 saturated carbocycles. The van der Waals surface area contributed by atoms with Crippen LogP contribution in [0.2, 0.25) is 0 Å². The summed E-state index contributed by atoms with van der Waals surface area (Å²) in [6, 6.07) is 0. The fraction of sp³-hybridized carbons (Fsp3) is 0.636. The number of nitrogens with zero attached hydrogens (tertiary/aromatic N) is 2. The van der Waals surface area contributed by atoms with Crippen LogP contribution < -0.4 is 0 Å². The summed E-state index contributed by atoms with van der Waals surface area (Å²) in [6.07, 6.45) is 2.92. The topological polar surface area (TPSA) is 69.2 Å². The lowest BCUT2D eigenvalue weighted by atomic mass is 9.94. The molecule has 0 aliphatic carbocycles. The van der Waals surface area contributed by atoms with Gasteiger partial charge in [-0.1, -0.05) is 0 Å². The van der Waals surface area contributed by atoms with Crippen molar-refractivity contribution in [2.24, 2.45) is 0 Å². The Labute approximate surface area is 114 Å². The number of rotatable bonds is 2. The third-order valence-electron chi connectivity index (χ3n) is 3.12. The van der Waals surface area contributed by atoms with E-state index >= 15 is 0 Å². The van der Waals surface area contributed by atoms with E-state index in [-0.39, 0.29) is 5.91 Å². The van der Waals surface area contributed by atoms with Gasteiger partial charge in [0.1, 0.15) is 6.10 Å². The molecule has 1 aliphatic rings. The van der Waals surface area contributed by atoms with E-state index in [1.807, 2.05) is 0 Å². The maximum atomic E-state index is 11.7.